The van der Waals surface area contributed by atoms with Crippen LogP contribution in [0.15, 0.2) is 41.3 Å². The van der Waals surface area contributed by atoms with Gasteiger partial charge in [-0.25, -0.2) is 13.9 Å². The van der Waals surface area contributed by atoms with E-state index in [0.29, 0.717) is 5.75 Å². The normalized spacial score (nSPS) is 18.6. The lowest BCUT2D eigenvalue weighted by molar-refractivity contribution is -0.132. The molecule has 1 fully saturated rings. The van der Waals surface area contributed by atoms with E-state index in [1.165, 1.54) is 50.0 Å². The molecule has 33 heavy (non-hydrogen) atoms. The van der Waals surface area contributed by atoms with E-state index in [2.05, 4.69) is 5.32 Å². The molecular formula is C20H21Cl2N3O7S. The largest absolute Gasteiger partial charge is 0.497 e. The van der Waals surface area contributed by atoms with Crippen LogP contribution in [0.25, 0.3) is 0 Å². The first-order chi connectivity index (χ1) is 15.6. The zero-order valence-corrected chi connectivity index (χ0v) is 19.9. The van der Waals surface area contributed by atoms with Gasteiger partial charge in [-0.05, 0) is 36.8 Å². The lowest BCUT2D eigenvalue weighted by Gasteiger charge is -2.22. The summed E-state index contributed by atoms with van der Waals surface area (Å²) in [5, 5.41) is 12.0. The summed E-state index contributed by atoms with van der Waals surface area (Å²) >= 11 is 11.8. The number of carbonyl (C=O) groups excluding carboxylic acids is 2. The van der Waals surface area contributed by atoms with Crippen molar-refractivity contribution in [2.24, 2.45) is 0 Å². The van der Waals surface area contributed by atoms with Crippen LogP contribution < -0.4 is 20.3 Å². The second-order valence-electron chi connectivity index (χ2n) is 7.11. The molecule has 1 unspecified atom stereocenters. The summed E-state index contributed by atoms with van der Waals surface area (Å²) in [6.07, 6.45) is -0.0723. The molecule has 2 amide bonds. The van der Waals surface area contributed by atoms with Crippen LogP contribution in [-0.2, 0) is 14.8 Å². The number of hydrogen-bond acceptors (Lipinski definition) is 7. The molecule has 3 rings (SSSR count). The highest BCUT2D eigenvalue weighted by Crippen LogP contribution is 2.31. The van der Waals surface area contributed by atoms with Crippen LogP contribution in [0.3, 0.4) is 0 Å². The van der Waals surface area contributed by atoms with Gasteiger partial charge in [0.05, 0.1) is 34.7 Å². The Balaban J connectivity index is 1.87. The second kappa shape index (κ2) is 10.1. The zero-order chi connectivity index (χ0) is 24.3. The van der Waals surface area contributed by atoms with Gasteiger partial charge in [-0.3, -0.25) is 14.8 Å². The fourth-order valence-electron chi connectivity index (χ4n) is 3.51. The quantitative estimate of drug-likeness (QED) is 0.378. The molecule has 13 heteroatoms. The Morgan fingerprint density at radius 3 is 2.42 bits per heavy atom. The average molecular weight is 518 g/mol. The minimum absolute atomic E-state index is 0.0246. The third-order valence-corrected chi connectivity index (χ3v) is 7.76. The van der Waals surface area contributed by atoms with Crippen molar-refractivity contribution in [1.82, 2.24) is 15.1 Å². The Morgan fingerprint density at radius 2 is 1.82 bits per heavy atom. The third kappa shape index (κ3) is 5.17. The van der Waals surface area contributed by atoms with Crippen LogP contribution in [0.2, 0.25) is 10.0 Å². The van der Waals surface area contributed by atoms with Crippen LogP contribution in [0.4, 0.5) is 0 Å². The van der Waals surface area contributed by atoms with Gasteiger partial charge in [-0.15, -0.1) is 0 Å². The van der Waals surface area contributed by atoms with E-state index in [4.69, 9.17) is 37.9 Å². The minimum atomic E-state index is -4.21. The standard InChI is InChI=1S/C20H21Cl2N3O7S/c1-31-12-3-5-14(18(8-12)32-2)19(26)23-11-7-17(20(27)24-28)25(10-11)33(29,30)13-4-6-15(21)16(22)9-13/h3-6,8-9,11,17,28H,7,10H2,1-2H3,(H,23,26)(H,24,27)/t11-,17?/m1/s1. The molecule has 0 saturated carbocycles. The molecule has 1 saturated heterocycles. The molecule has 10 nitrogen and oxygen atoms in total. The van der Waals surface area contributed by atoms with Crippen LogP contribution in [0.5, 0.6) is 11.5 Å². The molecule has 178 valence electrons. The van der Waals surface area contributed by atoms with E-state index in [1.807, 2.05) is 0 Å². The number of benzene rings is 2. The van der Waals surface area contributed by atoms with Crippen molar-refractivity contribution in [2.45, 2.75) is 23.4 Å². The molecule has 2 aromatic rings. The number of rotatable bonds is 7. The van der Waals surface area contributed by atoms with Gasteiger partial charge in [-0.1, -0.05) is 23.2 Å². The number of methoxy groups -OCH3 is 2. The highest BCUT2D eigenvalue weighted by Gasteiger charge is 2.44. The van der Waals surface area contributed by atoms with Crippen LogP contribution in [0, 0.1) is 0 Å². The van der Waals surface area contributed by atoms with Crippen molar-refractivity contribution in [3.63, 3.8) is 0 Å². The van der Waals surface area contributed by atoms with Gasteiger partial charge in [0.25, 0.3) is 11.8 Å². The molecule has 3 N–H and O–H groups in total. The van der Waals surface area contributed by atoms with Crippen molar-refractivity contribution in [3.05, 3.63) is 52.0 Å². The first kappa shape index (κ1) is 25.1. The maximum absolute atomic E-state index is 13.2. The summed E-state index contributed by atoms with van der Waals surface area (Å²) in [7, 11) is -1.34. The number of nitrogens with one attached hydrogen (secondary N) is 2. The van der Waals surface area contributed by atoms with E-state index in [1.54, 1.807) is 6.07 Å². The number of hydrogen-bond donors (Lipinski definition) is 3. The van der Waals surface area contributed by atoms with Gasteiger partial charge < -0.3 is 14.8 Å². The van der Waals surface area contributed by atoms with Crippen molar-refractivity contribution in [2.75, 3.05) is 20.8 Å². The number of amides is 2. The Kier molecular flexibility index (Phi) is 7.70. The monoisotopic (exact) mass is 517 g/mol. The Morgan fingerprint density at radius 1 is 1.09 bits per heavy atom. The SMILES string of the molecule is COc1ccc(C(=O)N[C@@H]2CC(C(=O)NO)N(S(=O)(=O)c3ccc(Cl)c(Cl)c3)C2)c(OC)c1. The first-order valence-corrected chi connectivity index (χ1v) is 11.8. The fraction of sp³-hybridized carbons (Fsp3) is 0.300. The Hall–Kier alpha value is -2.57. The van der Waals surface area contributed by atoms with E-state index >= 15 is 0 Å². The number of hydroxylamine groups is 1. The van der Waals surface area contributed by atoms with Gasteiger partial charge in [0, 0.05) is 18.7 Å². The van der Waals surface area contributed by atoms with Crippen molar-refractivity contribution < 1.29 is 32.7 Å². The van der Waals surface area contributed by atoms with Gasteiger partial charge in [0.1, 0.15) is 17.5 Å². The first-order valence-electron chi connectivity index (χ1n) is 9.56. The summed E-state index contributed by atoms with van der Waals surface area (Å²) in [5.41, 5.74) is 1.68. The van der Waals surface area contributed by atoms with Crippen molar-refractivity contribution in [3.8, 4) is 11.5 Å². The number of carbonyl (C=O) groups is 2. The Bertz CT molecular complexity index is 1180. The summed E-state index contributed by atoms with van der Waals surface area (Å²) in [6, 6.07) is 6.36. The molecule has 0 aliphatic carbocycles. The predicted molar refractivity (Wildman–Crippen MR) is 119 cm³/mol. The molecule has 0 radical (unpaired) electrons. The van der Waals surface area contributed by atoms with Crippen LogP contribution in [0.1, 0.15) is 16.8 Å². The molecule has 2 atom stereocenters. The summed E-state index contributed by atoms with van der Waals surface area (Å²) in [5.74, 6) is -0.716. The van der Waals surface area contributed by atoms with Crippen LogP contribution >= 0.6 is 23.2 Å². The molecule has 1 heterocycles. The highest BCUT2D eigenvalue weighted by molar-refractivity contribution is 7.89. The lowest BCUT2D eigenvalue weighted by Crippen LogP contribution is -2.45. The van der Waals surface area contributed by atoms with E-state index < -0.39 is 33.9 Å². The number of nitrogens with zero attached hydrogens (tertiary/aromatic N) is 1. The number of ether oxygens (including phenoxy) is 2. The Labute approximate surface area is 200 Å². The van der Waals surface area contributed by atoms with Gasteiger partial charge >= 0.3 is 0 Å². The minimum Gasteiger partial charge on any atom is -0.497 e. The lowest BCUT2D eigenvalue weighted by atomic mass is 10.1. The molecule has 1 aliphatic heterocycles. The highest BCUT2D eigenvalue weighted by atomic mass is 35.5. The third-order valence-electron chi connectivity index (χ3n) is 5.15. The number of sulfonamides is 1. The predicted octanol–water partition coefficient (Wildman–Crippen LogP) is 2.08. The van der Waals surface area contributed by atoms with Crippen molar-refractivity contribution in [1.29, 1.82) is 0 Å². The van der Waals surface area contributed by atoms with E-state index in [0.717, 1.165) is 4.31 Å². The number of halogens is 2. The topological polar surface area (TPSA) is 134 Å². The molecule has 1 aliphatic rings. The van der Waals surface area contributed by atoms with Gasteiger partial charge in [-0.2, -0.15) is 4.31 Å². The molecule has 0 aromatic heterocycles. The molecular weight excluding hydrogens is 497 g/mol. The van der Waals surface area contributed by atoms with Crippen LogP contribution in [-0.4, -0.2) is 62.6 Å². The van der Waals surface area contributed by atoms with Crippen molar-refractivity contribution >= 4 is 45.0 Å². The maximum Gasteiger partial charge on any atom is 0.261 e. The second-order valence-corrected chi connectivity index (χ2v) is 9.82. The zero-order valence-electron chi connectivity index (χ0n) is 17.5. The smallest absolute Gasteiger partial charge is 0.261 e. The van der Waals surface area contributed by atoms with Gasteiger partial charge in [0.15, 0.2) is 0 Å². The van der Waals surface area contributed by atoms with E-state index in [9.17, 15) is 18.0 Å². The van der Waals surface area contributed by atoms with Gasteiger partial charge in [0.2, 0.25) is 10.0 Å². The summed E-state index contributed by atoms with van der Waals surface area (Å²) in [6.45, 7) is -0.217. The average Bonchev–Trinajstić information content (AvgIpc) is 3.24. The maximum atomic E-state index is 13.2. The molecule has 0 spiro atoms. The van der Waals surface area contributed by atoms with E-state index in [-0.39, 0.29) is 39.2 Å². The fourth-order valence-corrected chi connectivity index (χ4v) is 5.54. The molecule has 2 aromatic carbocycles. The summed E-state index contributed by atoms with van der Waals surface area (Å²) < 4.78 is 37.7. The molecule has 0 bridgehead atoms. The summed E-state index contributed by atoms with van der Waals surface area (Å²) in [4.78, 5) is 24.9.